The van der Waals surface area contributed by atoms with Gasteiger partial charge in [-0.3, -0.25) is 9.59 Å². The van der Waals surface area contributed by atoms with E-state index in [1.165, 1.54) is 18.4 Å². The van der Waals surface area contributed by atoms with Crippen LogP contribution >= 0.6 is 11.3 Å². The number of benzene rings is 2. The Labute approximate surface area is 169 Å². The first-order valence-electron chi connectivity index (χ1n) is 8.80. The highest BCUT2D eigenvalue weighted by molar-refractivity contribution is 7.16. The molecule has 0 saturated heterocycles. The number of rotatable bonds is 5. The van der Waals surface area contributed by atoms with Gasteiger partial charge in [-0.25, -0.2) is 0 Å². The lowest BCUT2D eigenvalue weighted by Gasteiger charge is -2.05. The third-order valence-electron chi connectivity index (χ3n) is 4.26. The van der Waals surface area contributed by atoms with Crippen molar-refractivity contribution >= 4 is 33.4 Å². The van der Waals surface area contributed by atoms with Gasteiger partial charge in [0.1, 0.15) is 12.3 Å². The fourth-order valence-corrected chi connectivity index (χ4v) is 3.94. The fourth-order valence-electron chi connectivity index (χ4n) is 2.88. The number of carbonyl (C=O) groups excluding carboxylic acids is 2. The van der Waals surface area contributed by atoms with Crippen molar-refractivity contribution in [2.24, 2.45) is 4.99 Å². The molecule has 1 aromatic heterocycles. The van der Waals surface area contributed by atoms with Gasteiger partial charge in [0.15, 0.2) is 22.9 Å². The third-order valence-corrected chi connectivity index (χ3v) is 5.31. The van der Waals surface area contributed by atoms with Crippen LogP contribution in [0.25, 0.3) is 10.2 Å². The zero-order chi connectivity index (χ0) is 20.4. The summed E-state index contributed by atoms with van der Waals surface area (Å²) in [6, 6.07) is 11.0. The molecule has 0 fully saturated rings. The summed E-state index contributed by atoms with van der Waals surface area (Å²) in [5.41, 5.74) is 1.74. The second-order valence-corrected chi connectivity index (χ2v) is 7.34. The van der Waals surface area contributed by atoms with Crippen molar-refractivity contribution in [3.8, 4) is 17.2 Å². The largest absolute Gasteiger partial charge is 0.484 e. The van der Waals surface area contributed by atoms with E-state index < -0.39 is 11.9 Å². The molecular weight excluding hydrogens is 396 g/mol. The van der Waals surface area contributed by atoms with Gasteiger partial charge < -0.3 is 23.5 Å². The summed E-state index contributed by atoms with van der Waals surface area (Å²) < 4.78 is 23.6. The molecule has 9 heteroatoms. The van der Waals surface area contributed by atoms with Crippen molar-refractivity contribution in [2.45, 2.75) is 13.5 Å². The third kappa shape index (κ3) is 4.09. The normalized spacial score (nSPS) is 13.0. The topological polar surface area (TPSA) is 88.4 Å². The molecule has 0 radical (unpaired) electrons. The standard InChI is InChI=1S/C20H18N2O6S/c1-12-4-3-5-13(6-12)26-10-18(23)21-20-22(9-19(24)25-2)14-7-15-16(28-11-27-15)8-17(14)29-20/h3-8H,9-11H2,1-2H3. The molecule has 0 spiro atoms. The van der Waals surface area contributed by atoms with Gasteiger partial charge in [-0.15, -0.1) is 0 Å². The molecule has 0 atom stereocenters. The number of fused-ring (bicyclic) bond motifs is 2. The number of hydrogen-bond donors (Lipinski definition) is 0. The molecule has 0 saturated carbocycles. The zero-order valence-corrected chi connectivity index (χ0v) is 16.7. The van der Waals surface area contributed by atoms with E-state index in [4.69, 9.17) is 18.9 Å². The molecule has 0 bridgehead atoms. The highest BCUT2D eigenvalue weighted by Crippen LogP contribution is 2.37. The molecule has 29 heavy (non-hydrogen) atoms. The first-order chi connectivity index (χ1) is 14.0. The first kappa shape index (κ1) is 19.0. The highest BCUT2D eigenvalue weighted by atomic mass is 32.1. The van der Waals surface area contributed by atoms with E-state index in [0.717, 1.165) is 10.3 Å². The molecule has 1 aliphatic rings. The average Bonchev–Trinajstić information content (AvgIpc) is 3.29. The lowest BCUT2D eigenvalue weighted by molar-refractivity contribution is -0.141. The van der Waals surface area contributed by atoms with Gasteiger partial charge in [-0.2, -0.15) is 4.99 Å². The maximum absolute atomic E-state index is 12.4. The average molecular weight is 414 g/mol. The fraction of sp³-hybridized carbons (Fsp3) is 0.250. The molecule has 8 nitrogen and oxygen atoms in total. The van der Waals surface area contributed by atoms with E-state index >= 15 is 0 Å². The van der Waals surface area contributed by atoms with Crippen LogP contribution in [-0.2, 0) is 20.9 Å². The Morgan fingerprint density at radius 3 is 2.76 bits per heavy atom. The van der Waals surface area contributed by atoms with E-state index in [1.54, 1.807) is 16.7 Å². The Morgan fingerprint density at radius 1 is 1.21 bits per heavy atom. The molecule has 150 valence electrons. The number of ether oxygens (including phenoxy) is 4. The highest BCUT2D eigenvalue weighted by Gasteiger charge is 2.19. The number of methoxy groups -OCH3 is 1. The van der Waals surface area contributed by atoms with E-state index in [9.17, 15) is 9.59 Å². The van der Waals surface area contributed by atoms with Crippen LogP contribution < -0.4 is 19.0 Å². The molecule has 2 heterocycles. The number of nitrogens with zero attached hydrogens (tertiary/aromatic N) is 2. The summed E-state index contributed by atoms with van der Waals surface area (Å²) in [6.07, 6.45) is 0. The van der Waals surface area contributed by atoms with Crippen LogP contribution in [0.4, 0.5) is 0 Å². The predicted octanol–water partition coefficient (Wildman–Crippen LogP) is 2.42. The van der Waals surface area contributed by atoms with Gasteiger partial charge in [0, 0.05) is 12.1 Å². The number of hydrogen-bond acceptors (Lipinski definition) is 7. The summed E-state index contributed by atoms with van der Waals surface area (Å²) in [5.74, 6) is 0.876. The molecule has 3 aromatic rings. The molecule has 0 N–H and O–H groups in total. The van der Waals surface area contributed by atoms with Crippen LogP contribution in [-0.4, -0.2) is 37.0 Å². The minimum absolute atomic E-state index is 0.0823. The van der Waals surface area contributed by atoms with Crippen LogP contribution in [0.1, 0.15) is 5.56 Å². The Bertz CT molecular complexity index is 1160. The number of amides is 1. The van der Waals surface area contributed by atoms with Gasteiger partial charge in [-0.1, -0.05) is 23.5 Å². The molecule has 0 unspecified atom stereocenters. The lowest BCUT2D eigenvalue weighted by Crippen LogP contribution is -2.23. The number of esters is 1. The Balaban J connectivity index is 1.66. The summed E-state index contributed by atoms with van der Waals surface area (Å²) in [6.45, 7) is 1.80. The smallest absolute Gasteiger partial charge is 0.325 e. The van der Waals surface area contributed by atoms with Gasteiger partial charge in [0.05, 0.1) is 17.3 Å². The number of aromatic nitrogens is 1. The van der Waals surface area contributed by atoms with Gasteiger partial charge in [-0.05, 0) is 24.6 Å². The maximum Gasteiger partial charge on any atom is 0.325 e. The first-order valence-corrected chi connectivity index (χ1v) is 9.62. The van der Waals surface area contributed by atoms with Crippen LogP contribution in [0, 0.1) is 6.92 Å². The monoisotopic (exact) mass is 414 g/mol. The van der Waals surface area contributed by atoms with Gasteiger partial charge in [0.2, 0.25) is 6.79 Å². The van der Waals surface area contributed by atoms with Crippen LogP contribution in [0.2, 0.25) is 0 Å². The van der Waals surface area contributed by atoms with Crippen LogP contribution in [0.3, 0.4) is 0 Å². The molecule has 0 aliphatic carbocycles. The summed E-state index contributed by atoms with van der Waals surface area (Å²) in [4.78, 5) is 28.8. The number of thiazole rings is 1. The minimum atomic E-state index is -0.461. The minimum Gasteiger partial charge on any atom is -0.484 e. The number of aryl methyl sites for hydroxylation is 1. The number of carbonyl (C=O) groups is 2. The van der Waals surface area contributed by atoms with Crippen molar-refractivity contribution in [1.29, 1.82) is 0 Å². The summed E-state index contributed by atoms with van der Waals surface area (Å²) in [7, 11) is 1.31. The van der Waals surface area contributed by atoms with Crippen LogP contribution in [0.15, 0.2) is 41.4 Å². The van der Waals surface area contributed by atoms with Crippen LogP contribution in [0.5, 0.6) is 17.2 Å². The quantitative estimate of drug-likeness (QED) is 0.596. The second-order valence-electron chi connectivity index (χ2n) is 6.33. The van der Waals surface area contributed by atoms with E-state index in [1.807, 2.05) is 31.2 Å². The van der Waals surface area contributed by atoms with Gasteiger partial charge >= 0.3 is 5.97 Å². The van der Waals surface area contributed by atoms with Crippen molar-refractivity contribution in [1.82, 2.24) is 4.57 Å². The predicted molar refractivity (Wildman–Crippen MR) is 105 cm³/mol. The van der Waals surface area contributed by atoms with Crippen molar-refractivity contribution in [3.63, 3.8) is 0 Å². The summed E-state index contributed by atoms with van der Waals surface area (Å²) >= 11 is 1.27. The SMILES string of the molecule is COC(=O)Cn1c(=NC(=O)COc2cccc(C)c2)sc2cc3c(cc21)OCO3. The zero-order valence-electron chi connectivity index (χ0n) is 15.8. The van der Waals surface area contributed by atoms with E-state index in [-0.39, 0.29) is 19.9 Å². The lowest BCUT2D eigenvalue weighted by atomic mass is 10.2. The van der Waals surface area contributed by atoms with Crippen molar-refractivity contribution < 1.29 is 28.5 Å². The Kier molecular flexibility index (Phi) is 5.22. The second kappa shape index (κ2) is 7.96. The maximum atomic E-state index is 12.4. The molecule has 4 rings (SSSR count). The van der Waals surface area contributed by atoms with E-state index in [2.05, 4.69) is 4.99 Å². The molecule has 2 aromatic carbocycles. The van der Waals surface area contributed by atoms with E-state index in [0.29, 0.717) is 27.6 Å². The van der Waals surface area contributed by atoms with Crippen molar-refractivity contribution in [2.75, 3.05) is 20.5 Å². The molecule has 1 aliphatic heterocycles. The molecular formula is C20H18N2O6S. The molecule has 1 amide bonds. The Morgan fingerprint density at radius 2 is 2.00 bits per heavy atom. The van der Waals surface area contributed by atoms with Crippen molar-refractivity contribution in [3.05, 3.63) is 46.8 Å². The summed E-state index contributed by atoms with van der Waals surface area (Å²) in [5, 5.41) is 0. The Hall–Kier alpha value is -3.33. The van der Waals surface area contributed by atoms with Gasteiger partial charge in [0.25, 0.3) is 5.91 Å².